The van der Waals surface area contributed by atoms with Crippen LogP contribution in [-0.2, 0) is 18.5 Å². The molecule has 204 valence electrons. The van der Waals surface area contributed by atoms with Gasteiger partial charge in [-0.25, -0.2) is 0 Å². The van der Waals surface area contributed by atoms with Gasteiger partial charge in [-0.2, -0.15) is 39.5 Å². The van der Waals surface area contributed by atoms with Crippen LogP contribution in [0, 0.1) is 0 Å². The Morgan fingerprint density at radius 3 is 1.00 bits per heavy atom. The summed E-state index contributed by atoms with van der Waals surface area (Å²) < 4.78 is 133. The van der Waals surface area contributed by atoms with Crippen molar-refractivity contribution in [1.29, 1.82) is 0 Å². The number of rotatable bonds is 6. The third-order valence-electron chi connectivity index (χ3n) is 5.15. The fraction of sp³-hybridized carbons (Fsp3) is 0.111. The van der Waals surface area contributed by atoms with E-state index >= 15 is 0 Å². The first-order chi connectivity index (χ1) is 18.2. The van der Waals surface area contributed by atoms with E-state index in [1.807, 2.05) is 0 Å². The highest BCUT2D eigenvalue weighted by atomic mass is 19.4. The van der Waals surface area contributed by atoms with Crippen LogP contribution in [0.3, 0.4) is 0 Å². The van der Waals surface area contributed by atoms with Crippen molar-refractivity contribution in [3.63, 3.8) is 0 Å². The molecule has 0 aliphatic rings. The van der Waals surface area contributed by atoms with Gasteiger partial charge in [-0.3, -0.25) is 0 Å². The molecule has 0 spiro atoms. The molecule has 0 atom stereocenters. The first-order valence-corrected chi connectivity index (χ1v) is 10.9. The Hall–Kier alpha value is -4.35. The normalized spacial score (nSPS) is 12.2. The zero-order chi connectivity index (χ0) is 28.4. The van der Waals surface area contributed by atoms with Crippen molar-refractivity contribution in [1.82, 2.24) is 0 Å². The molecule has 12 heteroatoms. The predicted molar refractivity (Wildman–Crippen MR) is 121 cm³/mol. The lowest BCUT2D eigenvalue weighted by molar-refractivity contribution is -0.138. The molecular formula is C27H15F9O3. The van der Waals surface area contributed by atoms with Gasteiger partial charge in [-0.15, -0.1) is 0 Å². The monoisotopic (exact) mass is 558 g/mol. The van der Waals surface area contributed by atoms with Crippen LogP contribution in [0.1, 0.15) is 16.7 Å². The largest absolute Gasteiger partial charge is 0.457 e. The zero-order valence-electron chi connectivity index (χ0n) is 19.3. The third-order valence-corrected chi connectivity index (χ3v) is 5.15. The molecule has 0 radical (unpaired) electrons. The summed E-state index contributed by atoms with van der Waals surface area (Å²) in [6.45, 7) is 0. The molecule has 0 saturated carbocycles. The number of hydrogen-bond acceptors (Lipinski definition) is 3. The fourth-order valence-electron chi connectivity index (χ4n) is 3.24. The summed E-state index contributed by atoms with van der Waals surface area (Å²) in [6.07, 6.45) is -13.7. The van der Waals surface area contributed by atoms with Gasteiger partial charge in [0.2, 0.25) is 0 Å². The molecule has 0 amide bonds. The maximum atomic E-state index is 12.9. The summed E-state index contributed by atoms with van der Waals surface area (Å²) in [5.74, 6) is -0.0616. The molecule has 4 aromatic carbocycles. The molecule has 3 nitrogen and oxygen atoms in total. The maximum absolute atomic E-state index is 12.9. The van der Waals surface area contributed by atoms with Crippen molar-refractivity contribution in [2.75, 3.05) is 0 Å². The van der Waals surface area contributed by atoms with Gasteiger partial charge in [0.1, 0.15) is 23.0 Å². The number of hydrogen-bond donors (Lipinski definition) is 0. The van der Waals surface area contributed by atoms with Crippen LogP contribution in [0.2, 0.25) is 0 Å². The van der Waals surface area contributed by atoms with E-state index < -0.39 is 35.2 Å². The summed E-state index contributed by atoms with van der Waals surface area (Å²) in [5.41, 5.74) is -2.71. The highest BCUT2D eigenvalue weighted by Crippen LogP contribution is 2.41. The summed E-state index contributed by atoms with van der Waals surface area (Å²) in [4.78, 5) is 0. The Morgan fingerprint density at radius 1 is 0.333 bits per heavy atom. The average Bonchev–Trinajstić information content (AvgIpc) is 2.85. The minimum Gasteiger partial charge on any atom is -0.457 e. The molecule has 0 N–H and O–H groups in total. The van der Waals surface area contributed by atoms with Gasteiger partial charge < -0.3 is 14.2 Å². The molecule has 4 aromatic rings. The maximum Gasteiger partial charge on any atom is 0.416 e. The van der Waals surface area contributed by atoms with Crippen molar-refractivity contribution >= 4 is 0 Å². The molecule has 0 saturated heterocycles. The number of benzene rings is 4. The smallest absolute Gasteiger partial charge is 0.416 e. The molecule has 0 unspecified atom stereocenters. The first-order valence-electron chi connectivity index (χ1n) is 10.9. The van der Waals surface area contributed by atoms with Crippen LogP contribution in [0.15, 0.2) is 91.0 Å². The second kappa shape index (κ2) is 10.4. The van der Waals surface area contributed by atoms with Crippen LogP contribution in [0.4, 0.5) is 39.5 Å². The van der Waals surface area contributed by atoms with Crippen molar-refractivity contribution in [2.24, 2.45) is 0 Å². The lowest BCUT2D eigenvalue weighted by Gasteiger charge is -2.15. The molecule has 0 aromatic heterocycles. The molecule has 0 aliphatic heterocycles. The lowest BCUT2D eigenvalue weighted by atomic mass is 10.2. The molecule has 0 bridgehead atoms. The second-order valence-electron chi connectivity index (χ2n) is 7.98. The van der Waals surface area contributed by atoms with Crippen molar-refractivity contribution in [3.05, 3.63) is 108 Å². The molecule has 39 heavy (non-hydrogen) atoms. The van der Waals surface area contributed by atoms with Gasteiger partial charge in [-0.05, 0) is 84.9 Å². The van der Waals surface area contributed by atoms with Gasteiger partial charge in [0.05, 0.1) is 16.7 Å². The molecule has 4 rings (SSSR count). The molecule has 0 aliphatic carbocycles. The van der Waals surface area contributed by atoms with Gasteiger partial charge in [0.15, 0.2) is 11.5 Å². The molecule has 0 fully saturated rings. The number of halogens is 9. The van der Waals surface area contributed by atoms with E-state index in [4.69, 9.17) is 14.2 Å². The zero-order valence-corrected chi connectivity index (χ0v) is 19.3. The van der Waals surface area contributed by atoms with E-state index in [-0.39, 0.29) is 34.5 Å². The Kier molecular flexibility index (Phi) is 7.40. The Labute approximate surface area is 215 Å². The number of alkyl halides is 9. The third kappa shape index (κ3) is 7.15. The lowest BCUT2D eigenvalue weighted by Crippen LogP contribution is -2.04. The van der Waals surface area contributed by atoms with Crippen LogP contribution in [0.25, 0.3) is 0 Å². The Bertz CT molecular complexity index is 1410. The summed E-state index contributed by atoms with van der Waals surface area (Å²) in [7, 11) is 0. The van der Waals surface area contributed by atoms with Crippen LogP contribution in [-0.4, -0.2) is 0 Å². The van der Waals surface area contributed by atoms with E-state index in [0.717, 1.165) is 72.8 Å². The highest BCUT2D eigenvalue weighted by Gasteiger charge is 2.31. The predicted octanol–water partition coefficient (Wildman–Crippen LogP) is 10.1. The van der Waals surface area contributed by atoms with E-state index in [2.05, 4.69) is 0 Å². The summed E-state index contributed by atoms with van der Waals surface area (Å²) >= 11 is 0. The molecular weight excluding hydrogens is 543 g/mol. The van der Waals surface area contributed by atoms with E-state index in [9.17, 15) is 39.5 Å². The van der Waals surface area contributed by atoms with Crippen molar-refractivity contribution in [2.45, 2.75) is 18.5 Å². The fourth-order valence-corrected chi connectivity index (χ4v) is 3.24. The standard InChI is InChI=1S/C27H15F9O3/c28-25(29,30)16-1-7-19(8-2-16)37-22-13-14-23(38-20-9-3-17(4-10-20)26(31,32)33)24(15-22)39-21-11-5-18(6-12-21)27(34,35)36/h1-15H. The Morgan fingerprint density at radius 2 is 0.641 bits per heavy atom. The second-order valence-corrected chi connectivity index (χ2v) is 7.98. The summed E-state index contributed by atoms with van der Waals surface area (Å²) in [5, 5.41) is 0. The van der Waals surface area contributed by atoms with Gasteiger partial charge in [0.25, 0.3) is 0 Å². The highest BCUT2D eigenvalue weighted by molar-refractivity contribution is 5.51. The van der Waals surface area contributed by atoms with Gasteiger partial charge in [-0.1, -0.05) is 0 Å². The van der Waals surface area contributed by atoms with Gasteiger partial charge in [0, 0.05) is 6.07 Å². The minimum atomic E-state index is -4.58. The average molecular weight is 558 g/mol. The van der Waals surface area contributed by atoms with Crippen molar-refractivity contribution in [3.8, 4) is 34.5 Å². The Balaban J connectivity index is 1.62. The van der Waals surface area contributed by atoms with E-state index in [0.29, 0.717) is 0 Å². The van der Waals surface area contributed by atoms with E-state index in [1.54, 1.807) is 0 Å². The van der Waals surface area contributed by atoms with Crippen molar-refractivity contribution < 1.29 is 53.7 Å². The topological polar surface area (TPSA) is 27.7 Å². The minimum absolute atomic E-state index is 0.00308. The number of ether oxygens (including phenoxy) is 3. The van der Waals surface area contributed by atoms with Crippen LogP contribution < -0.4 is 14.2 Å². The van der Waals surface area contributed by atoms with E-state index in [1.165, 1.54) is 18.2 Å². The van der Waals surface area contributed by atoms with Gasteiger partial charge >= 0.3 is 18.5 Å². The molecule has 0 heterocycles. The first kappa shape index (κ1) is 27.7. The summed E-state index contributed by atoms with van der Waals surface area (Å²) in [6, 6.07) is 15.1. The SMILES string of the molecule is FC(F)(F)c1ccc(Oc2ccc(Oc3ccc(C(F)(F)F)cc3)c(Oc3ccc(C(F)(F)F)cc3)c2)cc1. The quantitative estimate of drug-likeness (QED) is 0.221. The van der Waals surface area contributed by atoms with Crippen LogP contribution in [0.5, 0.6) is 34.5 Å². The van der Waals surface area contributed by atoms with Crippen LogP contribution >= 0.6 is 0 Å².